The van der Waals surface area contributed by atoms with E-state index >= 15 is 0 Å². The molecular weight excluding hydrogens is 327 g/mol. The number of carboxylic acids is 1. The number of aromatic nitrogens is 3. The van der Waals surface area contributed by atoms with Crippen LogP contribution in [0.5, 0.6) is 0 Å². The molecule has 0 aliphatic rings. The van der Waals surface area contributed by atoms with E-state index in [4.69, 9.17) is 5.11 Å². The summed E-state index contributed by atoms with van der Waals surface area (Å²) < 4.78 is 14.6. The maximum absolute atomic E-state index is 13.4. The second-order valence-electron chi connectivity index (χ2n) is 5.30. The van der Waals surface area contributed by atoms with Crippen molar-refractivity contribution in [1.29, 1.82) is 0 Å². The van der Waals surface area contributed by atoms with E-state index in [1.54, 1.807) is 25.1 Å². The van der Waals surface area contributed by atoms with Gasteiger partial charge in [-0.25, -0.2) is 13.9 Å². The zero-order valence-electron chi connectivity index (χ0n) is 13.1. The molecule has 2 N–H and O–H groups in total. The lowest BCUT2D eigenvalue weighted by molar-refractivity contribution is 0.0695. The molecule has 1 heterocycles. The van der Waals surface area contributed by atoms with Gasteiger partial charge < -0.3 is 10.4 Å². The number of benzene rings is 2. The SMILES string of the molecule is Cc1ccc(NC(=O)c2cnnn2-c2cccc(F)c2)cc1C(=O)O. The minimum absolute atomic E-state index is 0.0862. The molecule has 25 heavy (non-hydrogen) atoms. The van der Waals surface area contributed by atoms with E-state index in [9.17, 15) is 14.0 Å². The fourth-order valence-electron chi connectivity index (χ4n) is 2.31. The zero-order chi connectivity index (χ0) is 18.0. The molecule has 0 saturated carbocycles. The lowest BCUT2D eigenvalue weighted by Crippen LogP contribution is -2.17. The van der Waals surface area contributed by atoms with E-state index in [0.717, 1.165) is 0 Å². The molecule has 0 spiro atoms. The van der Waals surface area contributed by atoms with Crippen LogP contribution in [0, 0.1) is 12.7 Å². The molecule has 0 bridgehead atoms. The number of nitrogens with one attached hydrogen (secondary N) is 1. The summed E-state index contributed by atoms with van der Waals surface area (Å²) in [5, 5.41) is 19.2. The Bertz CT molecular complexity index is 968. The average Bonchev–Trinajstić information content (AvgIpc) is 3.06. The van der Waals surface area contributed by atoms with Crippen molar-refractivity contribution in [1.82, 2.24) is 15.0 Å². The molecule has 0 aliphatic heterocycles. The normalized spacial score (nSPS) is 10.5. The van der Waals surface area contributed by atoms with Crippen molar-refractivity contribution < 1.29 is 19.1 Å². The second-order valence-corrected chi connectivity index (χ2v) is 5.30. The molecule has 0 aliphatic carbocycles. The monoisotopic (exact) mass is 340 g/mol. The van der Waals surface area contributed by atoms with Crippen molar-refractivity contribution in [3.63, 3.8) is 0 Å². The van der Waals surface area contributed by atoms with Gasteiger partial charge in [-0.3, -0.25) is 4.79 Å². The van der Waals surface area contributed by atoms with Crippen LogP contribution >= 0.6 is 0 Å². The fraction of sp³-hybridized carbons (Fsp3) is 0.0588. The van der Waals surface area contributed by atoms with Crippen LogP contribution in [0.1, 0.15) is 26.4 Å². The molecule has 1 aromatic heterocycles. The minimum atomic E-state index is -1.08. The van der Waals surface area contributed by atoms with Gasteiger partial charge in [0.15, 0.2) is 5.69 Å². The molecular formula is C17H13FN4O3. The first-order chi connectivity index (χ1) is 12.0. The Morgan fingerprint density at radius 1 is 1.20 bits per heavy atom. The number of aromatic carboxylic acids is 1. The van der Waals surface area contributed by atoms with Gasteiger partial charge in [0.25, 0.3) is 5.91 Å². The smallest absolute Gasteiger partial charge is 0.336 e. The van der Waals surface area contributed by atoms with Crippen LogP contribution in [-0.2, 0) is 0 Å². The summed E-state index contributed by atoms with van der Waals surface area (Å²) in [5.74, 6) is -2.10. The lowest BCUT2D eigenvalue weighted by Gasteiger charge is -2.09. The first kappa shape index (κ1) is 16.3. The van der Waals surface area contributed by atoms with E-state index in [-0.39, 0.29) is 11.3 Å². The predicted octanol–water partition coefficient (Wildman–Crippen LogP) is 2.67. The lowest BCUT2D eigenvalue weighted by atomic mass is 10.1. The van der Waals surface area contributed by atoms with Crippen LogP contribution < -0.4 is 5.32 Å². The topological polar surface area (TPSA) is 97.1 Å². The Hall–Kier alpha value is -3.55. The van der Waals surface area contributed by atoms with Gasteiger partial charge in [0, 0.05) is 5.69 Å². The number of carbonyl (C=O) groups is 2. The summed E-state index contributed by atoms with van der Waals surface area (Å²) in [6.07, 6.45) is 1.24. The van der Waals surface area contributed by atoms with Gasteiger partial charge in [0.05, 0.1) is 17.4 Å². The van der Waals surface area contributed by atoms with Crippen LogP contribution in [0.15, 0.2) is 48.7 Å². The molecule has 8 heteroatoms. The predicted molar refractivity (Wildman–Crippen MR) is 87.4 cm³/mol. The molecule has 0 unspecified atom stereocenters. The molecule has 1 amide bonds. The Morgan fingerprint density at radius 2 is 2.00 bits per heavy atom. The fourth-order valence-corrected chi connectivity index (χ4v) is 2.31. The highest BCUT2D eigenvalue weighted by atomic mass is 19.1. The van der Waals surface area contributed by atoms with Crippen LogP contribution in [0.4, 0.5) is 10.1 Å². The Morgan fingerprint density at radius 3 is 2.72 bits per heavy atom. The summed E-state index contributed by atoms with van der Waals surface area (Å²) in [6, 6.07) is 10.1. The zero-order valence-corrected chi connectivity index (χ0v) is 13.1. The number of halogens is 1. The average molecular weight is 340 g/mol. The molecule has 3 rings (SSSR count). The van der Waals surface area contributed by atoms with Crippen LogP contribution in [0.25, 0.3) is 5.69 Å². The minimum Gasteiger partial charge on any atom is -0.478 e. The van der Waals surface area contributed by atoms with Gasteiger partial charge >= 0.3 is 5.97 Å². The van der Waals surface area contributed by atoms with Crippen molar-refractivity contribution in [3.05, 3.63) is 71.3 Å². The third-order valence-electron chi connectivity index (χ3n) is 3.56. The number of carbonyl (C=O) groups excluding carboxylic acids is 1. The third kappa shape index (κ3) is 3.37. The number of carboxylic acid groups (broad SMARTS) is 1. The molecule has 0 fully saturated rings. The van der Waals surface area contributed by atoms with Gasteiger partial charge in [0.2, 0.25) is 0 Å². The number of nitrogens with zero attached hydrogens (tertiary/aromatic N) is 3. The largest absolute Gasteiger partial charge is 0.478 e. The summed E-state index contributed by atoms with van der Waals surface area (Å²) in [5.41, 5.74) is 1.42. The number of aryl methyl sites for hydroxylation is 1. The van der Waals surface area contributed by atoms with E-state index < -0.39 is 17.7 Å². The van der Waals surface area contributed by atoms with Crippen LogP contribution in [-0.4, -0.2) is 32.0 Å². The number of hydrogen-bond donors (Lipinski definition) is 2. The molecule has 2 aromatic carbocycles. The van der Waals surface area contributed by atoms with E-state index in [1.165, 1.54) is 35.1 Å². The highest BCUT2D eigenvalue weighted by Gasteiger charge is 2.16. The molecule has 0 radical (unpaired) electrons. The summed E-state index contributed by atoms with van der Waals surface area (Å²) >= 11 is 0. The quantitative estimate of drug-likeness (QED) is 0.761. The van der Waals surface area contributed by atoms with Crippen molar-refractivity contribution in [2.24, 2.45) is 0 Å². The third-order valence-corrected chi connectivity index (χ3v) is 3.56. The van der Waals surface area contributed by atoms with E-state index in [2.05, 4.69) is 15.6 Å². The van der Waals surface area contributed by atoms with Gasteiger partial charge in [-0.2, -0.15) is 0 Å². The standard InChI is InChI=1S/C17H13FN4O3/c1-10-5-6-12(8-14(10)17(24)25)20-16(23)15-9-19-21-22(15)13-4-2-3-11(18)7-13/h2-9H,1H3,(H,20,23)(H,24,25). The molecule has 7 nitrogen and oxygen atoms in total. The van der Waals surface area contributed by atoms with Crippen LogP contribution in [0.2, 0.25) is 0 Å². The van der Waals surface area contributed by atoms with Crippen molar-refractivity contribution in [2.75, 3.05) is 5.32 Å². The van der Waals surface area contributed by atoms with Gasteiger partial charge in [-0.05, 0) is 42.8 Å². The Balaban J connectivity index is 1.90. The summed E-state index contributed by atoms with van der Waals surface area (Å²) in [6.45, 7) is 1.66. The Kier molecular flexibility index (Phi) is 4.25. The van der Waals surface area contributed by atoms with Gasteiger partial charge in [0.1, 0.15) is 5.82 Å². The van der Waals surface area contributed by atoms with Crippen LogP contribution in [0.3, 0.4) is 0 Å². The maximum Gasteiger partial charge on any atom is 0.336 e. The molecule has 3 aromatic rings. The van der Waals surface area contributed by atoms with Gasteiger partial charge in [-0.1, -0.05) is 17.3 Å². The second kappa shape index (κ2) is 6.52. The first-order valence-electron chi connectivity index (χ1n) is 7.27. The van der Waals surface area contributed by atoms with E-state index in [1.807, 2.05) is 0 Å². The molecule has 126 valence electrons. The molecule has 0 atom stereocenters. The highest BCUT2D eigenvalue weighted by molar-refractivity contribution is 6.04. The number of anilines is 1. The number of amides is 1. The van der Waals surface area contributed by atoms with Crippen molar-refractivity contribution >= 4 is 17.6 Å². The van der Waals surface area contributed by atoms with E-state index in [0.29, 0.717) is 16.9 Å². The molecule has 0 saturated heterocycles. The summed E-state index contributed by atoms with van der Waals surface area (Å²) in [4.78, 5) is 23.7. The number of rotatable bonds is 4. The van der Waals surface area contributed by atoms with Crippen molar-refractivity contribution in [3.8, 4) is 5.69 Å². The Labute approximate surface area is 141 Å². The van der Waals surface area contributed by atoms with Gasteiger partial charge in [-0.15, -0.1) is 5.10 Å². The highest BCUT2D eigenvalue weighted by Crippen LogP contribution is 2.17. The van der Waals surface area contributed by atoms with Crippen molar-refractivity contribution in [2.45, 2.75) is 6.92 Å². The summed E-state index contributed by atoms with van der Waals surface area (Å²) in [7, 11) is 0. The maximum atomic E-state index is 13.4. The number of hydrogen-bond acceptors (Lipinski definition) is 4. The first-order valence-corrected chi connectivity index (χ1v) is 7.27.